The van der Waals surface area contributed by atoms with Gasteiger partial charge in [-0.3, -0.25) is 14.2 Å². The van der Waals surface area contributed by atoms with Crippen LogP contribution in [0.2, 0.25) is 0 Å². The molecular weight excluding hydrogens is 390 g/mol. The van der Waals surface area contributed by atoms with Crippen molar-refractivity contribution in [1.82, 2.24) is 14.5 Å². The van der Waals surface area contributed by atoms with Crippen molar-refractivity contribution in [2.45, 2.75) is 53.0 Å². The monoisotopic (exact) mass is 421 g/mol. The number of benzene rings is 2. The van der Waals surface area contributed by atoms with Gasteiger partial charge < -0.3 is 9.64 Å². The molecule has 3 aromatic rings. The van der Waals surface area contributed by atoms with E-state index in [1.54, 1.807) is 10.6 Å². The molecule has 0 aliphatic heterocycles. The Morgan fingerprint density at radius 3 is 2.42 bits per heavy atom. The number of aromatic nitrogens is 2. The first-order valence-corrected chi connectivity index (χ1v) is 11.1. The fourth-order valence-electron chi connectivity index (χ4n) is 3.81. The lowest BCUT2D eigenvalue weighted by Gasteiger charge is -2.30. The second-order valence-electron chi connectivity index (χ2n) is 7.57. The third-order valence-electron chi connectivity index (χ3n) is 5.30. The summed E-state index contributed by atoms with van der Waals surface area (Å²) >= 11 is 0. The molecule has 0 bridgehead atoms. The minimum absolute atomic E-state index is 0.0810. The number of hydrogen-bond donors (Lipinski definition) is 0. The first-order valence-electron chi connectivity index (χ1n) is 11.1. The van der Waals surface area contributed by atoms with Crippen molar-refractivity contribution < 1.29 is 9.53 Å². The van der Waals surface area contributed by atoms with E-state index in [1.165, 1.54) is 0 Å². The van der Waals surface area contributed by atoms with E-state index >= 15 is 0 Å². The summed E-state index contributed by atoms with van der Waals surface area (Å²) in [7, 11) is 0. The number of carbonyl (C=O) groups excluding carboxylic acids is 1. The van der Waals surface area contributed by atoms with Crippen LogP contribution in [-0.4, -0.2) is 33.5 Å². The molecule has 6 heteroatoms. The van der Waals surface area contributed by atoms with Crippen LogP contribution in [0.4, 0.5) is 0 Å². The Hall–Kier alpha value is -3.15. The number of rotatable bonds is 9. The van der Waals surface area contributed by atoms with E-state index in [4.69, 9.17) is 9.72 Å². The fourth-order valence-corrected chi connectivity index (χ4v) is 3.81. The molecule has 2 aromatic carbocycles. The van der Waals surface area contributed by atoms with E-state index < -0.39 is 0 Å². The quantitative estimate of drug-likeness (QED) is 0.494. The van der Waals surface area contributed by atoms with Gasteiger partial charge in [0.1, 0.15) is 11.6 Å². The lowest BCUT2D eigenvalue weighted by molar-refractivity contribution is -0.133. The van der Waals surface area contributed by atoms with Crippen LogP contribution in [0.15, 0.2) is 53.3 Å². The maximum atomic E-state index is 13.5. The molecule has 0 N–H and O–H groups in total. The molecule has 0 saturated carbocycles. The number of fused-ring (bicyclic) bond motifs is 1. The van der Waals surface area contributed by atoms with Crippen molar-refractivity contribution in [1.29, 1.82) is 0 Å². The van der Waals surface area contributed by atoms with Gasteiger partial charge in [0.05, 0.1) is 29.2 Å². The largest absolute Gasteiger partial charge is 0.494 e. The summed E-state index contributed by atoms with van der Waals surface area (Å²) in [5, 5.41) is 0.550. The van der Waals surface area contributed by atoms with Crippen molar-refractivity contribution in [2.24, 2.45) is 0 Å². The summed E-state index contributed by atoms with van der Waals surface area (Å²) in [5.41, 5.74) is 1.19. The van der Waals surface area contributed by atoms with Crippen LogP contribution in [0.3, 0.4) is 0 Å². The van der Waals surface area contributed by atoms with Crippen molar-refractivity contribution in [3.63, 3.8) is 0 Å². The Balaban J connectivity index is 2.20. The molecule has 0 aliphatic carbocycles. The van der Waals surface area contributed by atoms with Gasteiger partial charge >= 0.3 is 0 Å². The van der Waals surface area contributed by atoms with Crippen molar-refractivity contribution in [3.05, 3.63) is 64.7 Å². The number of carbonyl (C=O) groups is 1. The second-order valence-corrected chi connectivity index (χ2v) is 7.57. The highest BCUT2D eigenvalue weighted by atomic mass is 16.5. The highest BCUT2D eigenvalue weighted by Gasteiger charge is 2.25. The van der Waals surface area contributed by atoms with Crippen molar-refractivity contribution in [2.75, 3.05) is 13.2 Å². The first-order chi connectivity index (χ1) is 15.0. The zero-order valence-electron chi connectivity index (χ0n) is 18.8. The number of amides is 1. The average molecular weight is 422 g/mol. The minimum atomic E-state index is -0.345. The Morgan fingerprint density at radius 2 is 1.77 bits per heavy atom. The number of nitrogens with zero attached hydrogens (tertiary/aromatic N) is 3. The van der Waals surface area contributed by atoms with Crippen LogP contribution in [0.1, 0.15) is 58.8 Å². The molecule has 0 aliphatic rings. The molecule has 164 valence electrons. The predicted octanol–water partition coefficient (Wildman–Crippen LogP) is 4.88. The highest BCUT2D eigenvalue weighted by molar-refractivity contribution is 5.79. The summed E-state index contributed by atoms with van der Waals surface area (Å²) in [6.45, 7) is 9.12. The van der Waals surface area contributed by atoms with E-state index in [1.807, 2.05) is 75.1 Å². The predicted molar refractivity (Wildman–Crippen MR) is 124 cm³/mol. The lowest BCUT2D eigenvalue weighted by Crippen LogP contribution is -2.37. The normalized spacial score (nSPS) is 12.0. The van der Waals surface area contributed by atoms with Gasteiger partial charge in [-0.05, 0) is 63.1 Å². The Bertz CT molecular complexity index is 1090. The van der Waals surface area contributed by atoms with Gasteiger partial charge in [-0.15, -0.1) is 0 Å². The number of para-hydroxylation sites is 1. The van der Waals surface area contributed by atoms with Gasteiger partial charge in [0, 0.05) is 13.0 Å². The average Bonchev–Trinajstić information content (AvgIpc) is 2.78. The molecule has 3 rings (SSSR count). The van der Waals surface area contributed by atoms with E-state index in [9.17, 15) is 9.59 Å². The van der Waals surface area contributed by atoms with Crippen LogP contribution in [0.25, 0.3) is 16.6 Å². The summed E-state index contributed by atoms with van der Waals surface area (Å²) in [4.78, 5) is 33.1. The van der Waals surface area contributed by atoms with Gasteiger partial charge in [-0.1, -0.05) is 26.0 Å². The zero-order valence-corrected chi connectivity index (χ0v) is 18.8. The second kappa shape index (κ2) is 10.2. The van der Waals surface area contributed by atoms with Crippen molar-refractivity contribution in [3.8, 4) is 11.4 Å². The maximum Gasteiger partial charge on any atom is 0.266 e. The van der Waals surface area contributed by atoms with Crippen LogP contribution < -0.4 is 10.3 Å². The molecule has 0 saturated heterocycles. The SMILES string of the molecule is CCCC(=O)N(CCC)C(C)c1nc2ccccc2c(=O)n1-c1ccc(OCC)cc1. The van der Waals surface area contributed by atoms with Gasteiger partial charge in [0.2, 0.25) is 5.91 Å². The molecule has 1 atom stereocenters. The first kappa shape index (κ1) is 22.5. The molecule has 0 radical (unpaired) electrons. The summed E-state index contributed by atoms with van der Waals surface area (Å²) in [6, 6.07) is 14.4. The van der Waals surface area contributed by atoms with E-state index in [0.717, 1.165) is 18.6 Å². The molecule has 0 fully saturated rings. The van der Waals surface area contributed by atoms with Crippen molar-refractivity contribution >= 4 is 16.8 Å². The zero-order chi connectivity index (χ0) is 22.4. The summed E-state index contributed by atoms with van der Waals surface area (Å²) < 4.78 is 7.18. The van der Waals surface area contributed by atoms with Gasteiger partial charge in [0.15, 0.2) is 0 Å². The number of hydrogen-bond acceptors (Lipinski definition) is 4. The molecule has 6 nitrogen and oxygen atoms in total. The molecule has 31 heavy (non-hydrogen) atoms. The molecule has 1 unspecified atom stereocenters. The van der Waals surface area contributed by atoms with Crippen LogP contribution in [0.5, 0.6) is 5.75 Å². The van der Waals surface area contributed by atoms with Gasteiger partial charge in [-0.25, -0.2) is 4.98 Å². The standard InChI is InChI=1S/C25H31N3O3/c1-5-10-23(29)27(17-6-2)18(4)24-26-22-12-9-8-11-21(22)25(30)28(24)19-13-15-20(16-14-19)31-7-3/h8-9,11-16,18H,5-7,10,17H2,1-4H3. The lowest BCUT2D eigenvalue weighted by atomic mass is 10.1. The van der Waals surface area contributed by atoms with Gasteiger partial charge in [0.25, 0.3) is 5.56 Å². The maximum absolute atomic E-state index is 13.5. The Kier molecular flexibility index (Phi) is 7.45. The highest BCUT2D eigenvalue weighted by Crippen LogP contribution is 2.25. The Morgan fingerprint density at radius 1 is 1.06 bits per heavy atom. The molecule has 1 aromatic heterocycles. The third-order valence-corrected chi connectivity index (χ3v) is 5.30. The van der Waals surface area contributed by atoms with Gasteiger partial charge in [-0.2, -0.15) is 0 Å². The number of ether oxygens (including phenoxy) is 1. The topological polar surface area (TPSA) is 64.4 Å². The van der Waals surface area contributed by atoms with Crippen LogP contribution in [0, 0.1) is 0 Å². The summed E-state index contributed by atoms with van der Waals surface area (Å²) in [5.74, 6) is 1.39. The molecular formula is C25H31N3O3. The van der Waals surface area contributed by atoms with Crippen LogP contribution in [-0.2, 0) is 4.79 Å². The third kappa shape index (κ3) is 4.79. The minimum Gasteiger partial charge on any atom is -0.494 e. The molecule has 0 spiro atoms. The fraction of sp³-hybridized carbons (Fsp3) is 0.400. The smallest absolute Gasteiger partial charge is 0.266 e. The van der Waals surface area contributed by atoms with E-state index in [2.05, 4.69) is 0 Å². The van der Waals surface area contributed by atoms with Crippen LogP contribution >= 0.6 is 0 Å². The Labute approximate surface area is 183 Å². The van der Waals surface area contributed by atoms with E-state index in [0.29, 0.717) is 42.0 Å². The van der Waals surface area contributed by atoms with E-state index in [-0.39, 0.29) is 17.5 Å². The molecule has 1 amide bonds. The summed E-state index contributed by atoms with van der Waals surface area (Å²) in [6.07, 6.45) is 2.09. The molecule has 1 heterocycles.